The first-order chi connectivity index (χ1) is 10.6. The zero-order valence-electron chi connectivity index (χ0n) is 12.5. The number of carbonyl (C=O) groups is 1. The number of halogens is 1. The van der Waals surface area contributed by atoms with Gasteiger partial charge in [0.25, 0.3) is 5.91 Å². The molecular formula is C13H20ClN3O4S2. The summed E-state index contributed by atoms with van der Waals surface area (Å²) in [7, 11) is -3.64. The number of nitrogens with one attached hydrogen (secondary N) is 2. The second-order valence-corrected chi connectivity index (χ2v) is 8.12. The molecule has 3 heterocycles. The lowest BCUT2D eigenvalue weighted by atomic mass is 10.2. The van der Waals surface area contributed by atoms with E-state index in [1.165, 1.54) is 10.4 Å². The molecular weight excluding hydrogens is 362 g/mol. The Kier molecular flexibility index (Phi) is 6.40. The molecule has 1 aromatic rings. The number of carbonyl (C=O) groups excluding carboxylic acids is 1. The summed E-state index contributed by atoms with van der Waals surface area (Å²) in [5.41, 5.74) is 0. The van der Waals surface area contributed by atoms with Crippen molar-refractivity contribution in [2.45, 2.75) is 17.4 Å². The average Bonchev–Trinajstić information content (AvgIpc) is 3.19. The Morgan fingerprint density at radius 1 is 1.39 bits per heavy atom. The smallest absolute Gasteiger partial charge is 0.263 e. The van der Waals surface area contributed by atoms with E-state index in [0.29, 0.717) is 26.3 Å². The number of sulfonamides is 1. The van der Waals surface area contributed by atoms with Crippen molar-refractivity contribution >= 4 is 39.7 Å². The summed E-state index contributed by atoms with van der Waals surface area (Å²) in [6.45, 7) is 3.02. The number of rotatable bonds is 4. The molecule has 0 spiro atoms. The standard InChI is InChI=1S/C13H19N3O4S2.ClH/c17-13(15-10-1-3-14-9-10)12-11(2-8-21-12)22(18,19)16-4-6-20-7-5-16;/h2,8,10,14H,1,3-7,9H2,(H,15,17);1H. The van der Waals surface area contributed by atoms with Crippen LogP contribution in [0.15, 0.2) is 16.3 Å². The molecule has 2 aliphatic heterocycles. The molecule has 10 heteroatoms. The molecule has 1 amide bonds. The SMILES string of the molecule is Cl.O=C(NC1CCNC1)c1sccc1S(=O)(=O)N1CCOCC1. The fraction of sp³-hybridized carbons (Fsp3) is 0.615. The summed E-state index contributed by atoms with van der Waals surface area (Å²) in [5, 5.41) is 7.71. The summed E-state index contributed by atoms with van der Waals surface area (Å²) in [6, 6.07) is 1.57. The summed E-state index contributed by atoms with van der Waals surface area (Å²) >= 11 is 1.16. The van der Waals surface area contributed by atoms with E-state index < -0.39 is 10.0 Å². The maximum absolute atomic E-state index is 12.7. The van der Waals surface area contributed by atoms with E-state index in [-0.39, 0.29) is 34.1 Å². The number of thiophene rings is 1. The minimum atomic E-state index is -3.64. The van der Waals surface area contributed by atoms with E-state index >= 15 is 0 Å². The highest BCUT2D eigenvalue weighted by atomic mass is 35.5. The number of amides is 1. The molecule has 2 aliphatic rings. The van der Waals surface area contributed by atoms with Crippen molar-refractivity contribution in [2.24, 2.45) is 0 Å². The van der Waals surface area contributed by atoms with Gasteiger partial charge >= 0.3 is 0 Å². The van der Waals surface area contributed by atoms with Crippen LogP contribution in [0.5, 0.6) is 0 Å². The highest BCUT2D eigenvalue weighted by Crippen LogP contribution is 2.26. The second kappa shape index (κ2) is 7.91. The van der Waals surface area contributed by atoms with Crippen LogP contribution in [0, 0.1) is 0 Å². The molecule has 23 heavy (non-hydrogen) atoms. The lowest BCUT2D eigenvalue weighted by molar-refractivity contribution is 0.0730. The number of hydrogen-bond donors (Lipinski definition) is 2. The molecule has 0 radical (unpaired) electrons. The third-order valence-electron chi connectivity index (χ3n) is 3.82. The second-order valence-electron chi connectivity index (χ2n) is 5.29. The van der Waals surface area contributed by atoms with Crippen molar-refractivity contribution in [1.29, 1.82) is 0 Å². The Morgan fingerprint density at radius 2 is 2.13 bits per heavy atom. The van der Waals surface area contributed by atoms with E-state index in [4.69, 9.17) is 4.74 Å². The summed E-state index contributed by atoms with van der Waals surface area (Å²) in [5.74, 6) is -0.310. The van der Waals surface area contributed by atoms with Crippen LogP contribution in [0.25, 0.3) is 0 Å². The lowest BCUT2D eigenvalue weighted by Gasteiger charge is -2.26. The van der Waals surface area contributed by atoms with Crippen LogP contribution >= 0.6 is 23.7 Å². The molecule has 1 aromatic heterocycles. The first kappa shape index (κ1) is 18.6. The maximum atomic E-state index is 12.7. The van der Waals surface area contributed by atoms with Crippen LogP contribution in [0.2, 0.25) is 0 Å². The van der Waals surface area contributed by atoms with Gasteiger partial charge in [-0.1, -0.05) is 0 Å². The number of morpholine rings is 1. The van der Waals surface area contributed by atoms with Gasteiger partial charge in [-0.3, -0.25) is 4.79 Å². The zero-order valence-corrected chi connectivity index (χ0v) is 14.9. The monoisotopic (exact) mass is 381 g/mol. The first-order valence-corrected chi connectivity index (χ1v) is 9.58. The molecule has 7 nitrogen and oxygen atoms in total. The third kappa shape index (κ3) is 4.04. The van der Waals surface area contributed by atoms with Crippen molar-refractivity contribution in [3.63, 3.8) is 0 Å². The van der Waals surface area contributed by atoms with Gasteiger partial charge in [-0.15, -0.1) is 23.7 Å². The van der Waals surface area contributed by atoms with Gasteiger partial charge in [0.2, 0.25) is 10.0 Å². The number of nitrogens with zero attached hydrogens (tertiary/aromatic N) is 1. The van der Waals surface area contributed by atoms with Crippen molar-refractivity contribution < 1.29 is 17.9 Å². The van der Waals surface area contributed by atoms with Crippen LogP contribution < -0.4 is 10.6 Å². The molecule has 0 bridgehead atoms. The lowest BCUT2D eigenvalue weighted by Crippen LogP contribution is -2.41. The van der Waals surface area contributed by atoms with Crippen LogP contribution in [-0.2, 0) is 14.8 Å². The van der Waals surface area contributed by atoms with E-state index in [2.05, 4.69) is 10.6 Å². The van der Waals surface area contributed by atoms with Crippen LogP contribution in [0.4, 0.5) is 0 Å². The molecule has 2 saturated heterocycles. The molecule has 1 unspecified atom stereocenters. The third-order valence-corrected chi connectivity index (χ3v) is 6.80. The van der Waals surface area contributed by atoms with E-state index in [1.54, 1.807) is 5.38 Å². The Hall–Kier alpha value is -0.710. The van der Waals surface area contributed by atoms with Crippen molar-refractivity contribution in [1.82, 2.24) is 14.9 Å². The van der Waals surface area contributed by atoms with E-state index in [9.17, 15) is 13.2 Å². The normalized spacial score (nSPS) is 22.5. The van der Waals surface area contributed by atoms with Gasteiger partial charge in [0, 0.05) is 25.7 Å². The molecule has 1 atom stereocenters. The molecule has 2 N–H and O–H groups in total. The zero-order chi connectivity index (χ0) is 15.6. The minimum Gasteiger partial charge on any atom is -0.379 e. The van der Waals surface area contributed by atoms with Crippen LogP contribution in [-0.4, -0.2) is 64.1 Å². The van der Waals surface area contributed by atoms with Crippen LogP contribution in [0.3, 0.4) is 0 Å². The summed E-state index contributed by atoms with van der Waals surface area (Å²) < 4.78 is 32.0. The topological polar surface area (TPSA) is 87.7 Å². The molecule has 0 saturated carbocycles. The Bertz CT molecular complexity index is 637. The van der Waals surface area contributed by atoms with Gasteiger partial charge in [0.05, 0.1) is 13.2 Å². The first-order valence-electron chi connectivity index (χ1n) is 7.26. The number of hydrogen-bond acceptors (Lipinski definition) is 6. The van der Waals surface area contributed by atoms with Crippen molar-refractivity contribution in [3.05, 3.63) is 16.3 Å². The Morgan fingerprint density at radius 3 is 2.78 bits per heavy atom. The van der Waals surface area contributed by atoms with Gasteiger partial charge in [-0.2, -0.15) is 4.31 Å². The minimum absolute atomic E-state index is 0. The largest absolute Gasteiger partial charge is 0.379 e. The Balaban J connectivity index is 0.00000192. The molecule has 130 valence electrons. The van der Waals surface area contributed by atoms with E-state index in [0.717, 1.165) is 30.8 Å². The molecule has 2 fully saturated rings. The van der Waals surface area contributed by atoms with Gasteiger partial charge in [0.15, 0.2) is 0 Å². The fourth-order valence-electron chi connectivity index (χ4n) is 2.62. The fourth-order valence-corrected chi connectivity index (χ4v) is 5.33. The van der Waals surface area contributed by atoms with E-state index in [1.807, 2.05) is 0 Å². The van der Waals surface area contributed by atoms with Crippen LogP contribution in [0.1, 0.15) is 16.1 Å². The number of ether oxygens (including phenoxy) is 1. The quantitative estimate of drug-likeness (QED) is 0.782. The summed E-state index contributed by atoms with van der Waals surface area (Å²) in [6.07, 6.45) is 0.864. The maximum Gasteiger partial charge on any atom is 0.263 e. The molecule has 3 rings (SSSR count). The summed E-state index contributed by atoms with van der Waals surface area (Å²) in [4.78, 5) is 12.7. The van der Waals surface area contributed by atoms with Gasteiger partial charge in [-0.25, -0.2) is 8.42 Å². The predicted octanol–water partition coefficient (Wildman–Crippen LogP) is 0.282. The van der Waals surface area contributed by atoms with Gasteiger partial charge in [-0.05, 0) is 24.4 Å². The van der Waals surface area contributed by atoms with Crippen molar-refractivity contribution in [2.75, 3.05) is 39.4 Å². The molecule has 0 aromatic carbocycles. The highest BCUT2D eigenvalue weighted by Gasteiger charge is 2.31. The highest BCUT2D eigenvalue weighted by molar-refractivity contribution is 7.89. The average molecular weight is 382 g/mol. The predicted molar refractivity (Wildman–Crippen MR) is 89.9 cm³/mol. The van der Waals surface area contributed by atoms with Gasteiger partial charge in [0.1, 0.15) is 9.77 Å². The Labute approximate surface area is 145 Å². The van der Waals surface area contributed by atoms with Crippen molar-refractivity contribution in [3.8, 4) is 0 Å². The molecule has 0 aliphatic carbocycles. The van der Waals surface area contributed by atoms with Gasteiger partial charge < -0.3 is 15.4 Å².